The minimum Gasteiger partial charge on any atom is -0.490 e. The summed E-state index contributed by atoms with van der Waals surface area (Å²) < 4.78 is 13.8. The Balaban J connectivity index is 1.73. The topological polar surface area (TPSA) is 62.3 Å². The van der Waals surface area contributed by atoms with Gasteiger partial charge in [-0.2, -0.15) is 0 Å². The highest BCUT2D eigenvalue weighted by atomic mass is 16.5. The van der Waals surface area contributed by atoms with Crippen LogP contribution in [0.2, 0.25) is 0 Å². The van der Waals surface area contributed by atoms with Crippen LogP contribution in [0.15, 0.2) is 30.7 Å². The van der Waals surface area contributed by atoms with Gasteiger partial charge in [0.25, 0.3) is 0 Å². The second kappa shape index (κ2) is 6.18. The van der Waals surface area contributed by atoms with Crippen molar-refractivity contribution in [1.82, 2.24) is 9.55 Å². The normalized spacial score (nSPS) is 14.2. The molecule has 5 nitrogen and oxygen atoms in total. The van der Waals surface area contributed by atoms with Crippen LogP contribution in [0.5, 0.6) is 11.5 Å². The zero-order valence-corrected chi connectivity index (χ0v) is 12.3. The van der Waals surface area contributed by atoms with Crippen LogP contribution in [0.1, 0.15) is 37.1 Å². The van der Waals surface area contributed by atoms with Crippen LogP contribution in [0.3, 0.4) is 0 Å². The van der Waals surface area contributed by atoms with Crippen molar-refractivity contribution in [3.63, 3.8) is 0 Å². The number of hydrogen-bond donors (Lipinski definition) is 1. The molecule has 1 aliphatic rings. The summed E-state index contributed by atoms with van der Waals surface area (Å²) >= 11 is 0. The lowest BCUT2D eigenvalue weighted by molar-refractivity contribution is 0.262. The van der Waals surface area contributed by atoms with Crippen molar-refractivity contribution in [2.75, 3.05) is 6.61 Å². The lowest BCUT2D eigenvalue weighted by Crippen LogP contribution is -2.05. The van der Waals surface area contributed by atoms with E-state index < -0.39 is 0 Å². The van der Waals surface area contributed by atoms with Crippen LogP contribution >= 0.6 is 0 Å². The number of hydrogen-bond acceptors (Lipinski definition) is 4. The van der Waals surface area contributed by atoms with Gasteiger partial charge in [-0.25, -0.2) is 4.98 Å². The van der Waals surface area contributed by atoms with Gasteiger partial charge in [0.05, 0.1) is 24.8 Å². The van der Waals surface area contributed by atoms with Crippen molar-refractivity contribution in [2.24, 2.45) is 5.73 Å². The Hall–Kier alpha value is -2.01. The van der Waals surface area contributed by atoms with Crippen LogP contribution in [0, 0.1) is 0 Å². The molecule has 1 aliphatic carbocycles. The Kier molecular flexibility index (Phi) is 4.10. The highest BCUT2D eigenvalue weighted by Crippen LogP contribution is 2.36. The molecule has 0 saturated heterocycles. The largest absolute Gasteiger partial charge is 0.490 e. The Morgan fingerprint density at radius 3 is 2.86 bits per heavy atom. The minimum atomic E-state index is 0.495. The average Bonchev–Trinajstić information content (AvgIpc) is 3.25. The van der Waals surface area contributed by atoms with Crippen molar-refractivity contribution in [3.05, 3.63) is 42.0 Å². The summed E-state index contributed by atoms with van der Waals surface area (Å²) in [6, 6.07) is 6.44. The molecule has 1 aromatic carbocycles. The number of nitrogens with zero attached hydrogens (tertiary/aromatic N) is 2. The molecular weight excluding hydrogens is 266 g/mol. The van der Waals surface area contributed by atoms with Crippen LogP contribution in [-0.2, 0) is 13.2 Å². The van der Waals surface area contributed by atoms with Gasteiger partial charge in [-0.1, -0.05) is 6.07 Å². The van der Waals surface area contributed by atoms with Crippen LogP contribution in [0.4, 0.5) is 0 Å². The Bertz CT molecular complexity index is 605. The fraction of sp³-hybridized carbons (Fsp3) is 0.438. The lowest BCUT2D eigenvalue weighted by Gasteiger charge is -2.14. The number of rotatable bonds is 7. The van der Waals surface area contributed by atoms with E-state index in [1.54, 1.807) is 0 Å². The van der Waals surface area contributed by atoms with Crippen molar-refractivity contribution < 1.29 is 9.47 Å². The molecule has 1 saturated carbocycles. The highest BCUT2D eigenvalue weighted by Gasteiger charge is 2.25. The first-order chi connectivity index (χ1) is 10.3. The molecular formula is C16H21N3O2. The van der Waals surface area contributed by atoms with Crippen molar-refractivity contribution >= 4 is 0 Å². The lowest BCUT2D eigenvalue weighted by atomic mass is 10.2. The van der Waals surface area contributed by atoms with Gasteiger partial charge in [0.2, 0.25) is 0 Å². The maximum atomic E-state index is 5.93. The molecule has 0 bridgehead atoms. The van der Waals surface area contributed by atoms with E-state index in [4.69, 9.17) is 15.2 Å². The first-order valence-electron chi connectivity index (χ1n) is 7.41. The van der Waals surface area contributed by atoms with E-state index in [9.17, 15) is 0 Å². The standard InChI is InChI=1S/C16H21N3O2/c1-2-20-16-7-12(8-17)3-6-15(16)21-10-14-9-18-11-19(14)13-4-5-13/h3,6-7,9,11,13H,2,4-5,8,10,17H2,1H3. The summed E-state index contributed by atoms with van der Waals surface area (Å²) in [6.07, 6.45) is 6.22. The van der Waals surface area contributed by atoms with Crippen molar-refractivity contribution in [3.8, 4) is 11.5 Å². The zero-order chi connectivity index (χ0) is 14.7. The smallest absolute Gasteiger partial charge is 0.161 e. The fourth-order valence-electron chi connectivity index (χ4n) is 2.34. The molecule has 0 radical (unpaired) electrons. The van der Waals surface area contributed by atoms with Gasteiger partial charge in [0, 0.05) is 12.6 Å². The van der Waals surface area contributed by atoms with Gasteiger partial charge in [-0.15, -0.1) is 0 Å². The van der Waals surface area contributed by atoms with E-state index in [2.05, 4.69) is 9.55 Å². The van der Waals surface area contributed by atoms with Gasteiger partial charge in [0.1, 0.15) is 6.61 Å². The van der Waals surface area contributed by atoms with E-state index >= 15 is 0 Å². The molecule has 2 aromatic rings. The van der Waals surface area contributed by atoms with Gasteiger partial charge in [-0.05, 0) is 37.5 Å². The predicted molar refractivity (Wildman–Crippen MR) is 80.3 cm³/mol. The third-order valence-electron chi connectivity index (χ3n) is 3.61. The molecule has 0 atom stereocenters. The Labute approximate surface area is 124 Å². The summed E-state index contributed by atoms with van der Waals surface area (Å²) in [6.45, 7) is 3.55. The zero-order valence-electron chi connectivity index (χ0n) is 12.3. The summed E-state index contributed by atoms with van der Waals surface area (Å²) in [5, 5.41) is 0. The van der Waals surface area contributed by atoms with Gasteiger partial charge < -0.3 is 19.8 Å². The van der Waals surface area contributed by atoms with Gasteiger partial charge in [-0.3, -0.25) is 0 Å². The second-order valence-electron chi connectivity index (χ2n) is 5.23. The Morgan fingerprint density at radius 1 is 1.29 bits per heavy atom. The first kappa shape index (κ1) is 13.9. The van der Waals surface area contributed by atoms with Gasteiger partial charge in [0.15, 0.2) is 11.5 Å². The van der Waals surface area contributed by atoms with Crippen LogP contribution < -0.4 is 15.2 Å². The van der Waals surface area contributed by atoms with E-state index in [0.29, 0.717) is 25.8 Å². The van der Waals surface area contributed by atoms with E-state index in [1.165, 1.54) is 12.8 Å². The molecule has 3 rings (SSSR count). The number of imidazole rings is 1. The van der Waals surface area contributed by atoms with Crippen LogP contribution in [0.25, 0.3) is 0 Å². The van der Waals surface area contributed by atoms with E-state index in [1.807, 2.05) is 37.6 Å². The van der Waals surface area contributed by atoms with E-state index in [0.717, 1.165) is 22.8 Å². The molecule has 1 heterocycles. The van der Waals surface area contributed by atoms with E-state index in [-0.39, 0.29) is 0 Å². The number of nitrogens with two attached hydrogens (primary N) is 1. The minimum absolute atomic E-state index is 0.495. The van der Waals surface area contributed by atoms with Crippen molar-refractivity contribution in [2.45, 2.75) is 39.0 Å². The molecule has 0 spiro atoms. The molecule has 0 unspecified atom stereocenters. The second-order valence-corrected chi connectivity index (χ2v) is 5.23. The molecule has 2 N–H and O–H groups in total. The molecule has 1 aromatic heterocycles. The fourth-order valence-corrected chi connectivity index (χ4v) is 2.34. The summed E-state index contributed by atoms with van der Waals surface area (Å²) in [7, 11) is 0. The predicted octanol–water partition coefficient (Wildman–Crippen LogP) is 2.65. The highest BCUT2D eigenvalue weighted by molar-refractivity contribution is 5.43. The molecule has 0 amide bonds. The SMILES string of the molecule is CCOc1cc(CN)ccc1OCc1cncn1C1CC1. The van der Waals surface area contributed by atoms with Crippen molar-refractivity contribution in [1.29, 1.82) is 0 Å². The summed E-state index contributed by atoms with van der Waals surface area (Å²) in [5.41, 5.74) is 7.80. The maximum absolute atomic E-state index is 5.93. The summed E-state index contributed by atoms with van der Waals surface area (Å²) in [4.78, 5) is 4.22. The Morgan fingerprint density at radius 2 is 2.14 bits per heavy atom. The first-order valence-corrected chi connectivity index (χ1v) is 7.41. The molecule has 21 heavy (non-hydrogen) atoms. The molecule has 112 valence electrons. The third kappa shape index (κ3) is 3.19. The number of ether oxygens (including phenoxy) is 2. The number of aromatic nitrogens is 2. The summed E-state index contributed by atoms with van der Waals surface area (Å²) in [5.74, 6) is 1.50. The van der Waals surface area contributed by atoms with Crippen LogP contribution in [-0.4, -0.2) is 16.2 Å². The number of benzene rings is 1. The molecule has 0 aliphatic heterocycles. The third-order valence-corrected chi connectivity index (χ3v) is 3.61. The average molecular weight is 287 g/mol. The quantitative estimate of drug-likeness (QED) is 0.850. The monoisotopic (exact) mass is 287 g/mol. The maximum Gasteiger partial charge on any atom is 0.161 e. The van der Waals surface area contributed by atoms with Gasteiger partial charge >= 0.3 is 0 Å². The molecule has 1 fully saturated rings. The molecule has 5 heteroatoms.